The highest BCUT2D eigenvalue weighted by molar-refractivity contribution is 6.36. The lowest BCUT2D eigenvalue weighted by molar-refractivity contribution is -0.0924. The number of ether oxygens (including phenoxy) is 2. The Hall–Kier alpha value is -1.01. The van der Waals surface area contributed by atoms with E-state index in [1.54, 1.807) is 25.1 Å². The lowest BCUT2D eigenvalue weighted by Gasteiger charge is -2.15. The van der Waals surface area contributed by atoms with Crippen LogP contribution in [0.15, 0.2) is 18.2 Å². The Kier molecular flexibility index (Phi) is 3.73. The molecule has 1 aromatic carbocycles. The van der Waals surface area contributed by atoms with Crippen LogP contribution in [0.3, 0.4) is 0 Å². The number of hydrogen-bond acceptors (Lipinski definition) is 4. The van der Waals surface area contributed by atoms with Crippen LogP contribution in [-0.4, -0.2) is 19.1 Å². The first-order valence-corrected chi connectivity index (χ1v) is 5.71. The number of hydrogen-bond donors (Lipinski definition) is 1. The summed E-state index contributed by atoms with van der Waals surface area (Å²) in [6.07, 6.45) is -1.37. The van der Waals surface area contributed by atoms with Gasteiger partial charge >= 0.3 is 6.09 Å². The molecule has 1 aliphatic rings. The molecule has 1 aromatic rings. The average molecular weight is 277 g/mol. The van der Waals surface area contributed by atoms with Crippen molar-refractivity contribution in [2.45, 2.75) is 13.3 Å². The monoisotopic (exact) mass is 276 g/mol. The van der Waals surface area contributed by atoms with Crippen LogP contribution < -0.4 is 10.4 Å². The van der Waals surface area contributed by atoms with Crippen molar-refractivity contribution in [3.05, 3.63) is 28.2 Å². The number of carbonyl (C=O) groups excluding carboxylic acids is 1. The maximum absolute atomic E-state index is 11.6. The molecule has 0 radical (unpaired) electrons. The number of benzene rings is 1. The van der Waals surface area contributed by atoms with Gasteiger partial charge in [-0.05, 0) is 25.1 Å². The number of cyclic esters (lactones) is 1. The Morgan fingerprint density at radius 1 is 1.53 bits per heavy atom. The normalized spacial score (nSPS) is 19.6. The fraction of sp³-hybridized carbons (Fsp3) is 0.300. The van der Waals surface area contributed by atoms with Crippen molar-refractivity contribution in [1.82, 2.24) is 5.43 Å². The third-order valence-corrected chi connectivity index (χ3v) is 2.63. The third-order valence-electron chi connectivity index (χ3n) is 2.09. The second-order valence-electron chi connectivity index (χ2n) is 3.23. The number of nitrogens with zero attached hydrogens (tertiary/aromatic N) is 1. The van der Waals surface area contributed by atoms with Crippen LogP contribution in [0, 0.1) is 0 Å². The van der Waals surface area contributed by atoms with Crippen LogP contribution in [0.25, 0.3) is 0 Å². The summed E-state index contributed by atoms with van der Waals surface area (Å²) < 4.78 is 10.0. The Labute approximate surface area is 108 Å². The highest BCUT2D eigenvalue weighted by Gasteiger charge is 2.33. The van der Waals surface area contributed by atoms with Gasteiger partial charge in [0, 0.05) is 11.6 Å². The molecule has 1 unspecified atom stereocenters. The van der Waals surface area contributed by atoms with E-state index in [-0.39, 0.29) is 0 Å². The number of carbonyl (C=O) groups is 1. The molecule has 0 saturated carbocycles. The van der Waals surface area contributed by atoms with E-state index in [0.29, 0.717) is 22.3 Å². The van der Waals surface area contributed by atoms with Gasteiger partial charge in [0.15, 0.2) is 0 Å². The minimum Gasteiger partial charge on any atom is -0.402 e. The second-order valence-corrected chi connectivity index (χ2v) is 4.07. The lowest BCUT2D eigenvalue weighted by atomic mass is 10.3. The summed E-state index contributed by atoms with van der Waals surface area (Å²) >= 11 is 11.8. The van der Waals surface area contributed by atoms with E-state index in [9.17, 15) is 4.79 Å². The van der Waals surface area contributed by atoms with Crippen molar-refractivity contribution >= 4 is 35.0 Å². The second kappa shape index (κ2) is 5.10. The van der Waals surface area contributed by atoms with Crippen LogP contribution >= 0.6 is 23.2 Å². The van der Waals surface area contributed by atoms with Crippen molar-refractivity contribution in [1.29, 1.82) is 0 Å². The summed E-state index contributed by atoms with van der Waals surface area (Å²) in [5, 5.41) is 2.02. The van der Waals surface area contributed by atoms with Gasteiger partial charge in [-0.15, -0.1) is 0 Å². The molecular formula is C10H10Cl2N2O3. The van der Waals surface area contributed by atoms with E-state index >= 15 is 0 Å². The van der Waals surface area contributed by atoms with Gasteiger partial charge in [0.1, 0.15) is 0 Å². The van der Waals surface area contributed by atoms with Gasteiger partial charge in [-0.2, -0.15) is 5.43 Å². The summed E-state index contributed by atoms with van der Waals surface area (Å²) in [5.74, 6) is 0. The highest BCUT2D eigenvalue weighted by atomic mass is 35.5. The molecule has 1 heterocycles. The third kappa shape index (κ3) is 2.63. The molecule has 5 nitrogen and oxygen atoms in total. The maximum atomic E-state index is 11.6. The van der Waals surface area contributed by atoms with Crippen LogP contribution in [0.1, 0.15) is 6.92 Å². The summed E-state index contributed by atoms with van der Waals surface area (Å²) in [6, 6.07) is 4.79. The number of amides is 1. The van der Waals surface area contributed by atoms with Crippen LogP contribution in [0.2, 0.25) is 10.0 Å². The van der Waals surface area contributed by atoms with E-state index in [1.807, 2.05) is 0 Å². The minimum atomic E-state index is -0.792. The predicted molar refractivity (Wildman–Crippen MR) is 64.0 cm³/mol. The average Bonchev–Trinajstić information content (AvgIpc) is 2.60. The van der Waals surface area contributed by atoms with Gasteiger partial charge in [-0.25, -0.2) is 9.80 Å². The fourth-order valence-corrected chi connectivity index (χ4v) is 1.87. The molecular weight excluding hydrogens is 267 g/mol. The van der Waals surface area contributed by atoms with Crippen LogP contribution in [0.4, 0.5) is 10.5 Å². The lowest BCUT2D eigenvalue weighted by Crippen LogP contribution is -2.38. The summed E-state index contributed by atoms with van der Waals surface area (Å²) in [6.45, 7) is 2.22. The molecule has 0 spiro atoms. The number of hydrazine groups is 1. The minimum absolute atomic E-state index is 0.346. The first kappa shape index (κ1) is 12.4. The van der Waals surface area contributed by atoms with Crippen molar-refractivity contribution in [3.8, 4) is 0 Å². The SMILES string of the molecule is CCOC1NN(c2ccc(Cl)cc2Cl)C(=O)O1. The van der Waals surface area contributed by atoms with E-state index in [4.69, 9.17) is 32.7 Å². The van der Waals surface area contributed by atoms with Gasteiger partial charge in [0.05, 0.1) is 10.7 Å². The van der Waals surface area contributed by atoms with E-state index in [1.165, 1.54) is 5.01 Å². The highest BCUT2D eigenvalue weighted by Crippen LogP contribution is 2.30. The molecule has 2 rings (SSSR count). The first-order valence-electron chi connectivity index (χ1n) is 4.95. The number of rotatable bonds is 3. The summed E-state index contributed by atoms with van der Waals surface area (Å²) in [5.41, 5.74) is 3.19. The zero-order valence-corrected chi connectivity index (χ0v) is 10.5. The van der Waals surface area contributed by atoms with Gasteiger partial charge in [0.25, 0.3) is 6.41 Å². The molecule has 1 saturated heterocycles. The molecule has 0 aliphatic carbocycles. The zero-order valence-electron chi connectivity index (χ0n) is 8.94. The standard InChI is InChI=1S/C10H10Cl2N2O3/c1-2-16-9-13-14(10(15)17-9)8-4-3-6(11)5-7(8)12/h3-5,9,13H,2H2,1H3. The maximum Gasteiger partial charge on any atom is 0.432 e. The first-order chi connectivity index (χ1) is 8.11. The van der Waals surface area contributed by atoms with Gasteiger partial charge < -0.3 is 9.47 Å². The topological polar surface area (TPSA) is 50.8 Å². The van der Waals surface area contributed by atoms with Crippen molar-refractivity contribution in [2.75, 3.05) is 11.6 Å². The smallest absolute Gasteiger partial charge is 0.402 e. The Morgan fingerprint density at radius 2 is 2.29 bits per heavy atom. The molecule has 1 N–H and O–H groups in total. The Balaban J connectivity index is 2.20. The molecule has 1 fully saturated rings. The molecule has 0 aromatic heterocycles. The van der Waals surface area contributed by atoms with Crippen molar-refractivity contribution in [3.63, 3.8) is 0 Å². The van der Waals surface area contributed by atoms with Crippen LogP contribution in [0.5, 0.6) is 0 Å². The molecule has 1 aliphatic heterocycles. The summed E-state index contributed by atoms with van der Waals surface area (Å²) in [7, 11) is 0. The molecule has 17 heavy (non-hydrogen) atoms. The van der Waals surface area contributed by atoms with Crippen LogP contribution in [-0.2, 0) is 9.47 Å². The molecule has 0 bridgehead atoms. The fourth-order valence-electron chi connectivity index (χ4n) is 1.38. The predicted octanol–water partition coefficient (Wildman–Crippen LogP) is 2.77. The molecule has 1 amide bonds. The largest absolute Gasteiger partial charge is 0.432 e. The molecule has 92 valence electrons. The number of nitrogens with one attached hydrogen (secondary N) is 1. The van der Waals surface area contributed by atoms with Crippen molar-refractivity contribution in [2.24, 2.45) is 0 Å². The van der Waals surface area contributed by atoms with E-state index < -0.39 is 12.5 Å². The number of halogens is 2. The van der Waals surface area contributed by atoms with E-state index in [0.717, 1.165) is 0 Å². The van der Waals surface area contributed by atoms with Gasteiger partial charge in [-0.3, -0.25) is 0 Å². The van der Waals surface area contributed by atoms with Gasteiger partial charge in [0.2, 0.25) is 0 Å². The van der Waals surface area contributed by atoms with E-state index in [2.05, 4.69) is 5.43 Å². The zero-order chi connectivity index (χ0) is 12.4. The number of anilines is 1. The quantitative estimate of drug-likeness (QED) is 0.923. The molecule has 1 atom stereocenters. The molecule has 7 heteroatoms. The van der Waals surface area contributed by atoms with Gasteiger partial charge in [-0.1, -0.05) is 23.2 Å². The Morgan fingerprint density at radius 3 is 2.94 bits per heavy atom. The van der Waals surface area contributed by atoms with Crippen molar-refractivity contribution < 1.29 is 14.3 Å². The summed E-state index contributed by atoms with van der Waals surface area (Å²) in [4.78, 5) is 11.6. The Bertz CT molecular complexity index is 442.